The Kier molecular flexibility index (Phi) is 5.33. The molecule has 0 spiro atoms. The van der Waals surface area contributed by atoms with Crippen LogP contribution in [0.15, 0.2) is 48.0 Å². The smallest absolute Gasteiger partial charge is 0.204 e. The maximum atomic E-state index is 4.43. The second-order valence-electron chi connectivity index (χ2n) is 4.95. The second-order valence-corrected chi connectivity index (χ2v) is 6.01. The number of thioether (sulfide) groups is 1. The van der Waals surface area contributed by atoms with Crippen molar-refractivity contribution in [2.24, 2.45) is 7.05 Å². The van der Waals surface area contributed by atoms with Crippen molar-refractivity contribution in [2.45, 2.75) is 11.4 Å². The maximum Gasteiger partial charge on any atom is 0.204 e. The summed E-state index contributed by atoms with van der Waals surface area (Å²) in [4.78, 5) is 7.68. The summed E-state index contributed by atoms with van der Waals surface area (Å²) in [6.07, 6.45) is 3.84. The molecule has 0 amide bonds. The first kappa shape index (κ1) is 15.5. The molecule has 5 heteroatoms. The molecule has 21 heavy (non-hydrogen) atoms. The van der Waals surface area contributed by atoms with Gasteiger partial charge in [0.2, 0.25) is 5.95 Å². The van der Waals surface area contributed by atoms with Crippen molar-refractivity contribution in [3.05, 3.63) is 48.8 Å². The van der Waals surface area contributed by atoms with E-state index in [1.807, 2.05) is 38.3 Å². The van der Waals surface area contributed by atoms with Crippen LogP contribution in [0.5, 0.6) is 0 Å². The van der Waals surface area contributed by atoms with Gasteiger partial charge in [-0.1, -0.05) is 18.2 Å². The summed E-state index contributed by atoms with van der Waals surface area (Å²) in [6.45, 7) is 4.53. The molecule has 1 N–H and O–H groups in total. The van der Waals surface area contributed by atoms with E-state index in [9.17, 15) is 0 Å². The third kappa shape index (κ3) is 3.82. The van der Waals surface area contributed by atoms with Gasteiger partial charge in [0.15, 0.2) is 0 Å². The Hall–Kier alpha value is -1.88. The van der Waals surface area contributed by atoms with Crippen LogP contribution >= 0.6 is 11.8 Å². The number of aromatic nitrogens is 2. The molecule has 0 unspecified atom stereocenters. The molecule has 2 rings (SSSR count). The van der Waals surface area contributed by atoms with E-state index >= 15 is 0 Å². The normalized spacial score (nSPS) is 10.4. The lowest BCUT2D eigenvalue weighted by Gasteiger charge is -2.14. The Morgan fingerprint density at radius 1 is 1.38 bits per heavy atom. The fraction of sp³-hybridized carbons (Fsp3) is 0.312. The van der Waals surface area contributed by atoms with E-state index in [4.69, 9.17) is 0 Å². The number of nitrogens with one attached hydrogen (secondary N) is 1. The highest BCUT2D eigenvalue weighted by molar-refractivity contribution is 7.99. The van der Waals surface area contributed by atoms with E-state index in [2.05, 4.69) is 45.7 Å². The monoisotopic (exact) mass is 302 g/mol. The molecule has 0 aliphatic rings. The predicted molar refractivity (Wildman–Crippen MR) is 92.2 cm³/mol. The first-order valence-corrected chi connectivity index (χ1v) is 7.86. The Bertz CT molecular complexity index is 604. The van der Waals surface area contributed by atoms with Gasteiger partial charge in [0.25, 0.3) is 0 Å². The maximum absolute atomic E-state index is 4.43. The summed E-state index contributed by atoms with van der Waals surface area (Å²) < 4.78 is 2.10. The summed E-state index contributed by atoms with van der Waals surface area (Å²) in [5, 5.41) is 3.50. The average molecular weight is 302 g/mol. The van der Waals surface area contributed by atoms with Gasteiger partial charge in [0, 0.05) is 37.5 Å². The molecule has 0 fully saturated rings. The van der Waals surface area contributed by atoms with E-state index in [0.717, 1.165) is 29.6 Å². The predicted octanol–water partition coefficient (Wildman–Crippen LogP) is 3.38. The van der Waals surface area contributed by atoms with Crippen LogP contribution in [0.25, 0.3) is 0 Å². The van der Waals surface area contributed by atoms with Gasteiger partial charge in [-0.15, -0.1) is 18.3 Å². The number of hydrogen-bond acceptors (Lipinski definition) is 4. The first-order valence-electron chi connectivity index (χ1n) is 6.88. The van der Waals surface area contributed by atoms with Gasteiger partial charge < -0.3 is 14.8 Å². The highest BCUT2D eigenvalue weighted by atomic mass is 32.2. The standard InChI is InChI=1S/C16H22N4S/c1-5-10-21-15-9-7-6-8-14(15)17-11-13-12-18-16(19(2)3)20(13)4/h5-9,12,17H,1,10-11H2,2-4H3. The molecule has 1 aromatic heterocycles. The van der Waals surface area contributed by atoms with Crippen LogP contribution in [0.3, 0.4) is 0 Å². The minimum absolute atomic E-state index is 0.753. The fourth-order valence-electron chi connectivity index (χ4n) is 2.09. The summed E-state index contributed by atoms with van der Waals surface area (Å²) in [5.41, 5.74) is 2.30. The zero-order chi connectivity index (χ0) is 15.2. The van der Waals surface area contributed by atoms with Crippen molar-refractivity contribution >= 4 is 23.4 Å². The lowest BCUT2D eigenvalue weighted by Crippen LogP contribution is -2.15. The van der Waals surface area contributed by atoms with Gasteiger partial charge >= 0.3 is 0 Å². The molecule has 1 aromatic carbocycles. The topological polar surface area (TPSA) is 33.1 Å². The van der Waals surface area contributed by atoms with E-state index < -0.39 is 0 Å². The molecule has 0 saturated carbocycles. The summed E-state index contributed by atoms with van der Waals surface area (Å²) in [5.74, 6) is 1.87. The summed E-state index contributed by atoms with van der Waals surface area (Å²) in [6, 6.07) is 8.35. The number of para-hydroxylation sites is 1. The Morgan fingerprint density at radius 3 is 2.81 bits per heavy atom. The minimum Gasteiger partial charge on any atom is -0.379 e. The van der Waals surface area contributed by atoms with Gasteiger partial charge in [0.1, 0.15) is 0 Å². The van der Waals surface area contributed by atoms with Gasteiger partial charge in [-0.2, -0.15) is 0 Å². The van der Waals surface area contributed by atoms with Crippen molar-refractivity contribution < 1.29 is 0 Å². The Labute approximate surface area is 130 Å². The van der Waals surface area contributed by atoms with E-state index in [0.29, 0.717) is 0 Å². The lowest BCUT2D eigenvalue weighted by atomic mass is 10.3. The van der Waals surface area contributed by atoms with Crippen LogP contribution in [-0.4, -0.2) is 29.4 Å². The van der Waals surface area contributed by atoms with Gasteiger partial charge in [-0.05, 0) is 12.1 Å². The van der Waals surface area contributed by atoms with Crippen LogP contribution in [0.4, 0.5) is 11.6 Å². The highest BCUT2D eigenvalue weighted by Gasteiger charge is 2.08. The molecule has 0 radical (unpaired) electrons. The SMILES string of the molecule is C=CCSc1ccccc1NCc1cnc(N(C)C)n1C. The lowest BCUT2D eigenvalue weighted by molar-refractivity contribution is 0.813. The van der Waals surface area contributed by atoms with Crippen molar-refractivity contribution in [3.63, 3.8) is 0 Å². The fourth-order valence-corrected chi connectivity index (χ4v) is 2.85. The van der Waals surface area contributed by atoms with Gasteiger partial charge in [-0.3, -0.25) is 0 Å². The Balaban J connectivity index is 2.08. The zero-order valence-electron chi connectivity index (χ0n) is 12.8. The number of rotatable bonds is 7. The molecule has 0 bridgehead atoms. The van der Waals surface area contributed by atoms with Gasteiger partial charge in [-0.25, -0.2) is 4.98 Å². The van der Waals surface area contributed by atoms with Crippen LogP contribution in [0, 0.1) is 0 Å². The quantitative estimate of drug-likeness (QED) is 0.628. The summed E-state index contributed by atoms with van der Waals surface area (Å²) in [7, 11) is 6.04. The van der Waals surface area contributed by atoms with E-state index in [1.54, 1.807) is 11.8 Å². The average Bonchev–Trinajstić information content (AvgIpc) is 2.85. The third-order valence-electron chi connectivity index (χ3n) is 3.16. The molecule has 2 aromatic rings. The van der Waals surface area contributed by atoms with E-state index in [1.165, 1.54) is 4.90 Å². The third-order valence-corrected chi connectivity index (χ3v) is 4.23. The molecule has 0 aliphatic carbocycles. The second kappa shape index (κ2) is 7.22. The minimum atomic E-state index is 0.753. The molecule has 0 aliphatic heterocycles. The first-order chi connectivity index (χ1) is 10.1. The molecular weight excluding hydrogens is 280 g/mol. The van der Waals surface area contributed by atoms with Crippen molar-refractivity contribution in [2.75, 3.05) is 30.1 Å². The van der Waals surface area contributed by atoms with Crippen LogP contribution < -0.4 is 10.2 Å². The van der Waals surface area contributed by atoms with Gasteiger partial charge in [0.05, 0.1) is 18.4 Å². The molecular formula is C16H22N4S. The van der Waals surface area contributed by atoms with Crippen molar-refractivity contribution in [1.82, 2.24) is 9.55 Å². The number of imidazole rings is 1. The van der Waals surface area contributed by atoms with E-state index in [-0.39, 0.29) is 0 Å². The molecule has 0 saturated heterocycles. The number of nitrogens with zero attached hydrogens (tertiary/aromatic N) is 3. The Morgan fingerprint density at radius 2 is 2.14 bits per heavy atom. The van der Waals surface area contributed by atoms with Crippen molar-refractivity contribution in [3.8, 4) is 0 Å². The molecule has 0 atom stereocenters. The van der Waals surface area contributed by atoms with Crippen LogP contribution in [0.1, 0.15) is 5.69 Å². The number of hydrogen-bond donors (Lipinski definition) is 1. The number of benzene rings is 1. The molecule has 4 nitrogen and oxygen atoms in total. The largest absolute Gasteiger partial charge is 0.379 e. The van der Waals surface area contributed by atoms with Crippen LogP contribution in [0.2, 0.25) is 0 Å². The van der Waals surface area contributed by atoms with Crippen molar-refractivity contribution in [1.29, 1.82) is 0 Å². The number of anilines is 2. The van der Waals surface area contributed by atoms with Crippen LogP contribution in [-0.2, 0) is 13.6 Å². The highest BCUT2D eigenvalue weighted by Crippen LogP contribution is 2.27. The zero-order valence-corrected chi connectivity index (χ0v) is 13.7. The summed E-state index contributed by atoms with van der Waals surface area (Å²) >= 11 is 1.79. The molecule has 112 valence electrons. The molecule has 1 heterocycles.